The van der Waals surface area contributed by atoms with E-state index in [0.29, 0.717) is 16.3 Å². The first-order valence-electron chi connectivity index (χ1n) is 7.06. The summed E-state index contributed by atoms with van der Waals surface area (Å²) in [6.45, 7) is 2.21. The number of phenolic OH excluding ortho intramolecular Hbond substituents is 1. The Labute approximate surface area is 128 Å². The average molecular weight is 344 g/mol. The van der Waals surface area contributed by atoms with Gasteiger partial charge in [0.25, 0.3) is 0 Å². The first-order chi connectivity index (χ1) is 9.65. The predicted octanol–water partition coefficient (Wildman–Crippen LogP) is 2.90. The van der Waals surface area contributed by atoms with E-state index in [1.807, 2.05) is 12.1 Å². The van der Waals surface area contributed by atoms with Gasteiger partial charge in [0.15, 0.2) is 11.5 Å². The van der Waals surface area contributed by atoms with E-state index < -0.39 is 0 Å². The lowest BCUT2D eigenvalue weighted by Gasteiger charge is -2.24. The van der Waals surface area contributed by atoms with Gasteiger partial charge >= 0.3 is 0 Å². The third-order valence-corrected chi connectivity index (χ3v) is 4.49. The van der Waals surface area contributed by atoms with Gasteiger partial charge in [0.1, 0.15) is 0 Å². The molecule has 0 saturated carbocycles. The fourth-order valence-electron chi connectivity index (χ4n) is 2.87. The van der Waals surface area contributed by atoms with E-state index in [4.69, 9.17) is 9.84 Å². The minimum atomic E-state index is 0.148. The summed E-state index contributed by atoms with van der Waals surface area (Å²) in [5.74, 6) is 0.648. The van der Waals surface area contributed by atoms with Gasteiger partial charge in [0, 0.05) is 19.2 Å². The molecule has 2 rings (SSSR count). The van der Waals surface area contributed by atoms with Gasteiger partial charge in [-0.1, -0.05) is 0 Å². The Balaban J connectivity index is 2.07. The molecular formula is C15H22BrNO3. The summed E-state index contributed by atoms with van der Waals surface area (Å²) in [7, 11) is 1.56. The predicted molar refractivity (Wildman–Crippen MR) is 82.1 cm³/mol. The fraction of sp³-hybridized carbons (Fsp3) is 0.600. The number of phenols is 1. The van der Waals surface area contributed by atoms with Crippen LogP contribution >= 0.6 is 15.9 Å². The molecule has 1 heterocycles. The molecule has 1 aliphatic heterocycles. The van der Waals surface area contributed by atoms with Crippen LogP contribution < -0.4 is 4.74 Å². The summed E-state index contributed by atoms with van der Waals surface area (Å²) in [5, 5.41) is 18.8. The van der Waals surface area contributed by atoms with Gasteiger partial charge in [-0.3, -0.25) is 4.90 Å². The molecule has 4 nitrogen and oxygen atoms in total. The number of hydrogen-bond donors (Lipinski definition) is 2. The molecule has 1 aromatic rings. The number of ether oxygens (including phenoxy) is 1. The molecule has 112 valence electrons. The van der Waals surface area contributed by atoms with Crippen molar-refractivity contribution in [3.8, 4) is 11.5 Å². The Hall–Kier alpha value is -0.780. The lowest BCUT2D eigenvalue weighted by atomic mass is 10.1. The summed E-state index contributed by atoms with van der Waals surface area (Å²) >= 11 is 3.36. The molecule has 0 radical (unpaired) electrons. The van der Waals surface area contributed by atoms with E-state index in [0.717, 1.165) is 31.5 Å². The first kappa shape index (κ1) is 15.6. The molecule has 0 spiro atoms. The number of halogens is 1. The lowest BCUT2D eigenvalue weighted by Crippen LogP contribution is -2.29. The van der Waals surface area contributed by atoms with Crippen molar-refractivity contribution in [3.05, 3.63) is 22.2 Å². The molecule has 0 aliphatic carbocycles. The highest BCUT2D eigenvalue weighted by atomic mass is 79.9. The summed E-state index contributed by atoms with van der Waals surface area (Å²) in [5.41, 5.74) is 1.13. The maximum Gasteiger partial charge on any atom is 0.172 e. The Bertz CT molecular complexity index is 453. The van der Waals surface area contributed by atoms with Gasteiger partial charge in [0.2, 0.25) is 0 Å². The first-order valence-corrected chi connectivity index (χ1v) is 7.85. The molecule has 1 unspecified atom stereocenters. The molecule has 2 N–H and O–H groups in total. The number of benzene rings is 1. The van der Waals surface area contributed by atoms with E-state index in [9.17, 15) is 5.11 Å². The maximum absolute atomic E-state index is 9.84. The molecular weight excluding hydrogens is 322 g/mol. The van der Waals surface area contributed by atoms with Gasteiger partial charge in [-0.05, 0) is 65.9 Å². The van der Waals surface area contributed by atoms with Crippen molar-refractivity contribution in [2.45, 2.75) is 38.3 Å². The van der Waals surface area contributed by atoms with Crippen LogP contribution in [-0.4, -0.2) is 41.4 Å². The van der Waals surface area contributed by atoms with Crippen molar-refractivity contribution in [2.75, 3.05) is 20.3 Å². The van der Waals surface area contributed by atoms with Crippen LogP contribution in [0.1, 0.15) is 31.2 Å². The molecule has 1 atom stereocenters. The van der Waals surface area contributed by atoms with Gasteiger partial charge in [-0.15, -0.1) is 0 Å². The number of aliphatic hydroxyl groups is 1. The van der Waals surface area contributed by atoms with Gasteiger partial charge < -0.3 is 14.9 Å². The second kappa shape index (κ2) is 7.29. The van der Waals surface area contributed by atoms with E-state index in [1.54, 1.807) is 7.11 Å². The quantitative estimate of drug-likeness (QED) is 0.833. The Morgan fingerprint density at radius 1 is 1.45 bits per heavy atom. The third kappa shape index (κ3) is 3.65. The molecule has 1 fully saturated rings. The lowest BCUT2D eigenvalue weighted by molar-refractivity contribution is 0.210. The normalized spacial score (nSPS) is 19.4. The largest absolute Gasteiger partial charge is 0.503 e. The zero-order valence-electron chi connectivity index (χ0n) is 11.8. The Morgan fingerprint density at radius 2 is 2.25 bits per heavy atom. The van der Waals surface area contributed by atoms with E-state index in [-0.39, 0.29) is 12.4 Å². The van der Waals surface area contributed by atoms with E-state index in [2.05, 4.69) is 20.8 Å². The van der Waals surface area contributed by atoms with Crippen LogP contribution in [0.5, 0.6) is 11.5 Å². The molecule has 0 bridgehead atoms. The SMILES string of the molecule is COc1cc(CN2CCCC2CCCO)cc(Br)c1O. The van der Waals surface area contributed by atoms with Crippen LogP contribution in [0.15, 0.2) is 16.6 Å². The van der Waals surface area contributed by atoms with E-state index >= 15 is 0 Å². The summed E-state index contributed by atoms with van der Waals surface area (Å²) in [6, 6.07) is 4.39. The van der Waals surface area contributed by atoms with Crippen LogP contribution in [0, 0.1) is 0 Å². The number of hydrogen-bond acceptors (Lipinski definition) is 4. The van der Waals surface area contributed by atoms with Crippen molar-refractivity contribution in [1.29, 1.82) is 0 Å². The molecule has 5 heteroatoms. The van der Waals surface area contributed by atoms with Crippen LogP contribution in [0.25, 0.3) is 0 Å². The van der Waals surface area contributed by atoms with Crippen LogP contribution in [-0.2, 0) is 6.54 Å². The van der Waals surface area contributed by atoms with Crippen molar-refractivity contribution >= 4 is 15.9 Å². The minimum absolute atomic E-state index is 0.148. The zero-order chi connectivity index (χ0) is 14.5. The van der Waals surface area contributed by atoms with Crippen molar-refractivity contribution in [1.82, 2.24) is 4.90 Å². The molecule has 20 heavy (non-hydrogen) atoms. The minimum Gasteiger partial charge on any atom is -0.503 e. The maximum atomic E-state index is 9.84. The zero-order valence-corrected chi connectivity index (χ0v) is 13.4. The highest BCUT2D eigenvalue weighted by Crippen LogP contribution is 2.36. The van der Waals surface area contributed by atoms with Gasteiger partial charge in [0.05, 0.1) is 11.6 Å². The average Bonchev–Trinajstić information content (AvgIpc) is 2.87. The van der Waals surface area contributed by atoms with Crippen molar-refractivity contribution < 1.29 is 14.9 Å². The standard InChI is InChI=1S/C15H22BrNO3/c1-20-14-9-11(8-13(16)15(14)19)10-17-6-2-4-12(17)5-3-7-18/h8-9,12,18-19H,2-7,10H2,1H3. The molecule has 1 aliphatic rings. The van der Waals surface area contributed by atoms with Gasteiger partial charge in [-0.2, -0.15) is 0 Å². The summed E-state index contributed by atoms with van der Waals surface area (Å²) in [6.07, 6.45) is 4.33. The fourth-order valence-corrected chi connectivity index (χ4v) is 3.36. The molecule has 0 amide bonds. The van der Waals surface area contributed by atoms with Crippen LogP contribution in [0.2, 0.25) is 0 Å². The molecule has 1 aromatic carbocycles. The van der Waals surface area contributed by atoms with Crippen molar-refractivity contribution in [3.63, 3.8) is 0 Å². The number of rotatable bonds is 6. The smallest absolute Gasteiger partial charge is 0.172 e. The number of nitrogens with zero attached hydrogens (tertiary/aromatic N) is 1. The number of aliphatic hydroxyl groups excluding tert-OH is 1. The topological polar surface area (TPSA) is 52.9 Å². The summed E-state index contributed by atoms with van der Waals surface area (Å²) < 4.78 is 5.86. The second-order valence-electron chi connectivity index (χ2n) is 5.26. The Morgan fingerprint density at radius 3 is 2.95 bits per heavy atom. The summed E-state index contributed by atoms with van der Waals surface area (Å²) in [4.78, 5) is 2.45. The van der Waals surface area contributed by atoms with Crippen LogP contribution in [0.3, 0.4) is 0 Å². The third-order valence-electron chi connectivity index (χ3n) is 3.89. The second-order valence-corrected chi connectivity index (χ2v) is 6.12. The van der Waals surface area contributed by atoms with Crippen LogP contribution in [0.4, 0.5) is 0 Å². The highest BCUT2D eigenvalue weighted by molar-refractivity contribution is 9.10. The van der Waals surface area contributed by atoms with Gasteiger partial charge in [-0.25, -0.2) is 0 Å². The monoisotopic (exact) mass is 343 g/mol. The Kier molecular flexibility index (Phi) is 5.69. The molecule has 0 aromatic heterocycles. The molecule has 1 saturated heterocycles. The number of methoxy groups -OCH3 is 1. The highest BCUT2D eigenvalue weighted by Gasteiger charge is 2.24. The van der Waals surface area contributed by atoms with E-state index in [1.165, 1.54) is 12.8 Å². The van der Waals surface area contributed by atoms with Crippen molar-refractivity contribution in [2.24, 2.45) is 0 Å². The number of aromatic hydroxyl groups is 1. The number of likely N-dealkylation sites (tertiary alicyclic amines) is 1.